The van der Waals surface area contributed by atoms with Gasteiger partial charge in [0.1, 0.15) is 0 Å². The number of rotatable bonds is 0. The maximum atomic E-state index is 9.91. The van der Waals surface area contributed by atoms with Crippen LogP contribution in [0.15, 0.2) is 3.77 Å². The molecule has 1 aliphatic heterocycles. The predicted octanol–water partition coefficient (Wildman–Crippen LogP) is 3.05. The van der Waals surface area contributed by atoms with Crippen LogP contribution in [0.3, 0.4) is 0 Å². The van der Waals surface area contributed by atoms with E-state index in [1.54, 1.807) is 23.5 Å². The fourth-order valence-corrected chi connectivity index (χ4v) is 1.68. The molecule has 0 amide bonds. The third-order valence-corrected chi connectivity index (χ3v) is 2.25. The molecule has 0 spiro atoms. The van der Waals surface area contributed by atoms with Crippen molar-refractivity contribution in [1.29, 1.82) is 0 Å². The van der Waals surface area contributed by atoms with E-state index in [9.17, 15) is 20.8 Å². The molecule has 0 atom stereocenters. The van der Waals surface area contributed by atoms with E-state index >= 15 is 0 Å². The number of halogens is 6. The average molecular weight is 295 g/mol. The fourth-order valence-electron chi connectivity index (χ4n) is 0.186. The molecule has 10 heteroatoms. The standard InChI is InChI=1S/C2H4NS2.AsF6/c1-2-5-3-4-1;2-1(3,4,5,6)7/h1-2H2;/q+1;-1. The summed E-state index contributed by atoms with van der Waals surface area (Å²) in [4.78, 5) is 0. The van der Waals surface area contributed by atoms with E-state index in [1.807, 2.05) is 0 Å². The van der Waals surface area contributed by atoms with Crippen LogP contribution in [0.5, 0.6) is 0 Å². The average Bonchev–Trinajstić information content (AvgIpc) is 2.00. The zero-order valence-electron chi connectivity index (χ0n) is 5.39. The Hall–Kier alpha value is 0.508. The van der Waals surface area contributed by atoms with Crippen molar-refractivity contribution in [2.75, 3.05) is 11.5 Å². The molecule has 0 aromatic rings. The van der Waals surface area contributed by atoms with Gasteiger partial charge in [-0.15, -0.1) is 0 Å². The molecule has 0 N–H and O–H groups in total. The van der Waals surface area contributed by atoms with Crippen LogP contribution in [0.2, 0.25) is 0 Å². The van der Waals surface area contributed by atoms with E-state index < -0.39 is 14.2 Å². The molecule has 0 aromatic heterocycles. The normalized spacial score (nSPS) is 22.2. The van der Waals surface area contributed by atoms with Crippen LogP contribution in [-0.4, -0.2) is 25.7 Å². The molecule has 0 bridgehead atoms. The van der Waals surface area contributed by atoms with Crippen LogP contribution in [0.25, 0.3) is 0 Å². The van der Waals surface area contributed by atoms with E-state index in [0.717, 1.165) is 0 Å². The summed E-state index contributed by atoms with van der Waals surface area (Å²) in [6.07, 6.45) is 0. The van der Waals surface area contributed by atoms with Crippen molar-refractivity contribution in [2.45, 2.75) is 0 Å². The Labute approximate surface area is 74.0 Å². The summed E-state index contributed by atoms with van der Waals surface area (Å²) >= 11 is -7.74. The molecule has 1 rings (SSSR count). The molecule has 12 heavy (non-hydrogen) atoms. The van der Waals surface area contributed by atoms with Crippen LogP contribution in [0.1, 0.15) is 0 Å². The Bertz CT molecular complexity index is 163. The molecule has 0 saturated heterocycles. The van der Waals surface area contributed by atoms with E-state index in [-0.39, 0.29) is 0 Å². The van der Waals surface area contributed by atoms with Crippen molar-refractivity contribution in [3.8, 4) is 0 Å². The van der Waals surface area contributed by atoms with E-state index in [4.69, 9.17) is 0 Å². The van der Waals surface area contributed by atoms with Gasteiger partial charge in [-0.2, -0.15) is 0 Å². The van der Waals surface area contributed by atoms with Crippen molar-refractivity contribution in [3.63, 3.8) is 0 Å². The van der Waals surface area contributed by atoms with Crippen molar-refractivity contribution in [3.05, 3.63) is 0 Å². The Kier molecular flexibility index (Phi) is 3.15. The van der Waals surface area contributed by atoms with Gasteiger partial charge in [0, 0.05) is 15.7 Å². The van der Waals surface area contributed by atoms with Gasteiger partial charge in [0.2, 0.25) is 5.75 Å². The monoisotopic (exact) mass is 295 g/mol. The van der Waals surface area contributed by atoms with E-state index in [1.165, 1.54) is 11.5 Å². The minimum absolute atomic E-state index is 1.21. The van der Waals surface area contributed by atoms with Gasteiger partial charge >= 0.3 is 46.5 Å². The molecule has 0 saturated carbocycles. The van der Waals surface area contributed by atoms with Gasteiger partial charge in [-0.05, 0) is 0 Å². The summed E-state index contributed by atoms with van der Waals surface area (Å²) in [6, 6.07) is 0. The van der Waals surface area contributed by atoms with Crippen molar-refractivity contribution in [1.82, 2.24) is 0 Å². The van der Waals surface area contributed by atoms with Crippen LogP contribution in [0, 0.1) is 0 Å². The first-order valence-electron chi connectivity index (χ1n) is 2.46. The Morgan fingerprint density at radius 1 is 1.08 bits per heavy atom. The third kappa shape index (κ3) is 31.3. The summed E-state index contributed by atoms with van der Waals surface area (Å²) in [5.74, 6) is 2.43. The molecular weight excluding hydrogens is 291 g/mol. The zero-order valence-corrected chi connectivity index (χ0v) is 8.90. The molecule has 76 valence electrons. The first-order valence-corrected chi connectivity index (χ1v) is 8.60. The molecule has 0 radical (unpaired) electrons. The minimum atomic E-state index is -11.1. The Morgan fingerprint density at radius 2 is 1.50 bits per heavy atom. The van der Waals surface area contributed by atoms with Gasteiger partial charge in [-0.25, -0.2) is 0 Å². The summed E-state index contributed by atoms with van der Waals surface area (Å²) < 4.78 is 63.4. The van der Waals surface area contributed by atoms with Gasteiger partial charge < -0.3 is 0 Å². The second-order valence-corrected chi connectivity index (χ2v) is 7.65. The van der Waals surface area contributed by atoms with Gasteiger partial charge in [0.15, 0.2) is 0 Å². The Morgan fingerprint density at radius 3 is 1.58 bits per heavy atom. The first kappa shape index (κ1) is 12.5. The van der Waals surface area contributed by atoms with Crippen molar-refractivity contribution < 1.29 is 20.8 Å². The summed E-state index contributed by atoms with van der Waals surface area (Å²) in [5, 5.41) is 0. The number of hydrogen-bond acceptors (Lipinski definition) is 2. The molecule has 1 aliphatic rings. The molecule has 0 aromatic carbocycles. The first-order chi connectivity index (χ1) is 4.95. The molecule has 1 nitrogen and oxygen atoms in total. The predicted molar refractivity (Wildman–Crippen MR) is 39.5 cm³/mol. The summed E-state index contributed by atoms with van der Waals surface area (Å²) in [6.45, 7) is 0. The Balaban J connectivity index is 0.000000211. The van der Waals surface area contributed by atoms with E-state index in [2.05, 4.69) is 3.77 Å². The second kappa shape index (κ2) is 3.02. The quantitative estimate of drug-likeness (QED) is 0.289. The van der Waals surface area contributed by atoms with Crippen LogP contribution in [-0.2, 0) is 11.6 Å². The van der Waals surface area contributed by atoms with Gasteiger partial charge in [-0.1, -0.05) is 0 Å². The number of nitrogens with zero attached hydrogens (tertiary/aromatic N) is 1. The summed E-state index contributed by atoms with van der Waals surface area (Å²) in [5.41, 5.74) is 0. The van der Waals surface area contributed by atoms with E-state index in [0.29, 0.717) is 0 Å². The third-order valence-electron chi connectivity index (χ3n) is 0.371. The second-order valence-electron chi connectivity index (χ2n) is 1.70. The molecular formula is C2H4AsF6NS2. The van der Waals surface area contributed by atoms with Gasteiger partial charge in [0.25, 0.3) is 0 Å². The molecule has 1 heterocycles. The number of hydrogen-bond donors (Lipinski definition) is 0. The molecule has 0 fully saturated rings. The molecule has 0 unspecified atom stereocenters. The van der Waals surface area contributed by atoms with Gasteiger partial charge in [0.05, 0.1) is 5.75 Å². The topological polar surface area (TPSA) is 12.4 Å². The van der Waals surface area contributed by atoms with Crippen LogP contribution < -0.4 is 0 Å². The summed E-state index contributed by atoms with van der Waals surface area (Å²) in [7, 11) is 0. The van der Waals surface area contributed by atoms with Crippen LogP contribution in [0.4, 0.5) is 20.8 Å². The SMILES string of the molecule is C1C[S+]=NS1.F[As-](F)(F)(F)(F)F. The zero-order chi connectivity index (χ0) is 9.94. The van der Waals surface area contributed by atoms with Gasteiger partial charge in [-0.3, -0.25) is 0 Å². The fraction of sp³-hybridized carbons (Fsp3) is 1.00. The van der Waals surface area contributed by atoms with Crippen molar-refractivity contribution in [2.24, 2.45) is 3.77 Å². The van der Waals surface area contributed by atoms with Crippen LogP contribution >= 0.6 is 11.9 Å². The maximum absolute atomic E-state index is 11.1. The molecule has 0 aliphatic carbocycles. The van der Waals surface area contributed by atoms with Crippen molar-refractivity contribution >= 4 is 37.7 Å².